The molecule has 0 saturated carbocycles. The Morgan fingerprint density at radius 3 is 2.68 bits per heavy atom. The maximum atomic E-state index is 12.6. The third-order valence-electron chi connectivity index (χ3n) is 2.80. The van der Waals surface area contributed by atoms with Gasteiger partial charge in [0.2, 0.25) is 0 Å². The molecule has 7 heteroatoms. The first-order valence-electron chi connectivity index (χ1n) is 5.85. The molecule has 0 unspecified atom stereocenters. The van der Waals surface area contributed by atoms with E-state index >= 15 is 0 Å². The van der Waals surface area contributed by atoms with Crippen molar-refractivity contribution in [3.8, 4) is 0 Å². The highest BCUT2D eigenvalue weighted by atomic mass is 32.2. The van der Waals surface area contributed by atoms with Crippen molar-refractivity contribution < 1.29 is 8.42 Å². The highest BCUT2D eigenvalue weighted by Crippen LogP contribution is 2.25. The zero-order chi connectivity index (χ0) is 14.0. The fourth-order valence-electron chi connectivity index (χ4n) is 1.89. The second kappa shape index (κ2) is 4.93. The number of nitrogens with zero attached hydrogens (tertiary/aromatic N) is 2. The molecule has 1 aromatic heterocycles. The van der Waals surface area contributed by atoms with E-state index in [1.165, 1.54) is 10.5 Å². The van der Waals surface area contributed by atoms with Crippen LogP contribution in [0, 0.1) is 6.92 Å². The maximum absolute atomic E-state index is 12.6. The van der Waals surface area contributed by atoms with E-state index in [0.717, 1.165) is 0 Å². The van der Waals surface area contributed by atoms with Crippen LogP contribution in [0.25, 0.3) is 0 Å². The molecular formula is C12H16N4O2S. The molecule has 2 aromatic rings. The minimum absolute atomic E-state index is 0.178. The highest BCUT2D eigenvalue weighted by Gasteiger charge is 2.26. The van der Waals surface area contributed by atoms with Gasteiger partial charge in [0, 0.05) is 12.2 Å². The van der Waals surface area contributed by atoms with E-state index < -0.39 is 10.0 Å². The van der Waals surface area contributed by atoms with Crippen LogP contribution in [0.1, 0.15) is 12.6 Å². The molecule has 0 amide bonds. The van der Waals surface area contributed by atoms with Gasteiger partial charge in [-0.3, -0.25) is 9.40 Å². The zero-order valence-electron chi connectivity index (χ0n) is 10.8. The first-order chi connectivity index (χ1) is 8.96. The third-order valence-corrected chi connectivity index (χ3v) is 4.81. The van der Waals surface area contributed by atoms with Crippen molar-refractivity contribution >= 4 is 21.4 Å². The number of anilines is 2. The van der Waals surface area contributed by atoms with Gasteiger partial charge in [0.15, 0.2) is 0 Å². The lowest BCUT2D eigenvalue weighted by molar-refractivity contribution is 0.591. The fourth-order valence-corrected chi connectivity index (χ4v) is 3.48. The van der Waals surface area contributed by atoms with Crippen LogP contribution in [0.15, 0.2) is 35.4 Å². The van der Waals surface area contributed by atoms with Gasteiger partial charge in [0.1, 0.15) is 4.90 Å². The molecule has 0 aliphatic heterocycles. The number of nitrogen functional groups attached to an aromatic ring is 1. The number of nitrogens with one attached hydrogen (secondary N) is 1. The van der Waals surface area contributed by atoms with Gasteiger partial charge in [-0.15, -0.1) is 0 Å². The van der Waals surface area contributed by atoms with E-state index in [9.17, 15) is 8.42 Å². The minimum Gasteiger partial charge on any atom is -0.399 e. The lowest BCUT2D eigenvalue weighted by Crippen LogP contribution is -2.31. The summed E-state index contributed by atoms with van der Waals surface area (Å²) in [4.78, 5) is 0.178. The van der Waals surface area contributed by atoms with Crippen LogP contribution in [0.4, 0.5) is 11.4 Å². The summed E-state index contributed by atoms with van der Waals surface area (Å²) < 4.78 is 26.5. The second-order valence-electron chi connectivity index (χ2n) is 4.12. The quantitative estimate of drug-likeness (QED) is 0.830. The number of hydrogen-bond donors (Lipinski definition) is 2. The predicted octanol–water partition coefficient (Wildman–Crippen LogP) is 1.52. The molecule has 1 aromatic carbocycles. The number of rotatable bonds is 4. The van der Waals surface area contributed by atoms with E-state index in [-0.39, 0.29) is 4.90 Å². The first-order valence-corrected chi connectivity index (χ1v) is 7.29. The van der Waals surface area contributed by atoms with Gasteiger partial charge < -0.3 is 5.73 Å². The molecular weight excluding hydrogens is 264 g/mol. The Morgan fingerprint density at radius 2 is 2.16 bits per heavy atom. The van der Waals surface area contributed by atoms with Crippen LogP contribution in [0.2, 0.25) is 0 Å². The summed E-state index contributed by atoms with van der Waals surface area (Å²) in [5, 5.41) is 6.40. The Hall–Kier alpha value is -2.02. The van der Waals surface area contributed by atoms with Gasteiger partial charge in [-0.05, 0) is 32.0 Å². The molecule has 0 atom stereocenters. The van der Waals surface area contributed by atoms with E-state index in [0.29, 0.717) is 23.6 Å². The minimum atomic E-state index is -3.62. The Balaban J connectivity index is 2.51. The van der Waals surface area contributed by atoms with Gasteiger partial charge in [0.25, 0.3) is 10.0 Å². The molecule has 6 nitrogen and oxygen atoms in total. The van der Waals surface area contributed by atoms with Gasteiger partial charge in [-0.2, -0.15) is 5.10 Å². The van der Waals surface area contributed by atoms with Crippen molar-refractivity contribution in [2.75, 3.05) is 16.6 Å². The summed E-state index contributed by atoms with van der Waals surface area (Å²) in [5.41, 5.74) is 7.29. The van der Waals surface area contributed by atoms with Crippen molar-refractivity contribution in [2.24, 2.45) is 0 Å². The lowest BCUT2D eigenvalue weighted by atomic mass is 10.3. The molecule has 0 spiro atoms. The number of hydrogen-bond acceptors (Lipinski definition) is 4. The van der Waals surface area contributed by atoms with Crippen molar-refractivity contribution in [2.45, 2.75) is 18.7 Å². The van der Waals surface area contributed by atoms with Crippen LogP contribution >= 0.6 is 0 Å². The van der Waals surface area contributed by atoms with E-state index in [4.69, 9.17) is 5.73 Å². The molecule has 1 heterocycles. The van der Waals surface area contributed by atoms with Crippen LogP contribution < -0.4 is 10.0 Å². The average Bonchev–Trinajstić information content (AvgIpc) is 2.77. The van der Waals surface area contributed by atoms with Crippen LogP contribution in [0.5, 0.6) is 0 Å². The van der Waals surface area contributed by atoms with E-state index in [1.807, 2.05) is 0 Å². The monoisotopic (exact) mass is 280 g/mol. The molecule has 0 aliphatic carbocycles. The van der Waals surface area contributed by atoms with Gasteiger partial charge in [-0.1, -0.05) is 6.07 Å². The number of aromatic amines is 1. The topological polar surface area (TPSA) is 92.1 Å². The Labute approximate surface area is 112 Å². The second-order valence-corrected chi connectivity index (χ2v) is 5.95. The largest absolute Gasteiger partial charge is 0.399 e. The van der Waals surface area contributed by atoms with Crippen LogP contribution in [-0.2, 0) is 10.0 Å². The Morgan fingerprint density at radius 1 is 1.42 bits per heavy atom. The summed E-state index contributed by atoms with van der Waals surface area (Å²) in [7, 11) is -3.62. The predicted molar refractivity (Wildman–Crippen MR) is 74.4 cm³/mol. The Bertz CT molecular complexity index is 679. The molecule has 0 radical (unpaired) electrons. The smallest absolute Gasteiger partial charge is 0.267 e. The number of benzene rings is 1. The number of H-pyrrole nitrogens is 1. The van der Waals surface area contributed by atoms with Gasteiger partial charge >= 0.3 is 0 Å². The standard InChI is InChI=1S/C12H16N4O2S/c1-3-16(11-6-4-5-10(13)7-11)19(17,18)12-8-14-15-9(12)2/h4-8H,3,13H2,1-2H3,(H,14,15). The van der Waals surface area contributed by atoms with Crippen molar-refractivity contribution in [3.05, 3.63) is 36.2 Å². The van der Waals surface area contributed by atoms with Crippen molar-refractivity contribution in [3.63, 3.8) is 0 Å². The molecule has 19 heavy (non-hydrogen) atoms. The number of nitrogens with two attached hydrogens (primary N) is 1. The first kappa shape index (κ1) is 13.4. The maximum Gasteiger partial charge on any atom is 0.267 e. The molecule has 3 N–H and O–H groups in total. The third kappa shape index (κ3) is 2.41. The van der Waals surface area contributed by atoms with Gasteiger partial charge in [-0.25, -0.2) is 8.42 Å². The zero-order valence-corrected chi connectivity index (χ0v) is 11.6. The number of aryl methyl sites for hydroxylation is 1. The summed E-state index contributed by atoms with van der Waals surface area (Å²) in [5.74, 6) is 0. The van der Waals surface area contributed by atoms with Crippen LogP contribution in [-0.4, -0.2) is 25.2 Å². The summed E-state index contributed by atoms with van der Waals surface area (Å²) in [6.45, 7) is 3.76. The number of sulfonamides is 1. The molecule has 0 bridgehead atoms. The lowest BCUT2D eigenvalue weighted by Gasteiger charge is -2.22. The molecule has 0 fully saturated rings. The van der Waals surface area contributed by atoms with Gasteiger partial charge in [0.05, 0.1) is 17.6 Å². The highest BCUT2D eigenvalue weighted by molar-refractivity contribution is 7.92. The number of aromatic nitrogens is 2. The summed E-state index contributed by atoms with van der Waals surface area (Å²) in [6.07, 6.45) is 1.32. The van der Waals surface area contributed by atoms with Crippen molar-refractivity contribution in [1.82, 2.24) is 10.2 Å². The summed E-state index contributed by atoms with van der Waals surface area (Å²) in [6, 6.07) is 6.79. The Kier molecular flexibility index (Phi) is 3.48. The SMILES string of the molecule is CCN(c1cccc(N)c1)S(=O)(=O)c1cn[nH]c1C. The van der Waals surface area contributed by atoms with E-state index in [2.05, 4.69) is 10.2 Å². The van der Waals surface area contributed by atoms with Crippen molar-refractivity contribution in [1.29, 1.82) is 0 Å². The van der Waals surface area contributed by atoms with E-state index in [1.54, 1.807) is 38.1 Å². The van der Waals surface area contributed by atoms with Crippen LogP contribution in [0.3, 0.4) is 0 Å². The molecule has 2 rings (SSSR count). The average molecular weight is 280 g/mol. The summed E-state index contributed by atoms with van der Waals surface area (Å²) >= 11 is 0. The molecule has 0 saturated heterocycles. The molecule has 0 aliphatic rings. The fraction of sp³-hybridized carbons (Fsp3) is 0.250. The normalized spacial score (nSPS) is 11.5. The molecule has 102 valence electrons.